The third kappa shape index (κ3) is 1.69. The smallest absolute Gasteiger partial charge is 0.101 e. The van der Waals surface area contributed by atoms with Crippen molar-refractivity contribution in [1.82, 2.24) is 0 Å². The number of benzene rings is 2. The van der Waals surface area contributed by atoms with Crippen LogP contribution in [0.15, 0.2) is 47.6 Å². The van der Waals surface area contributed by atoms with Crippen LogP contribution in [0.3, 0.4) is 0 Å². The molecule has 0 atom stereocenters. The summed E-state index contributed by atoms with van der Waals surface area (Å²) >= 11 is 0. The second-order valence-corrected chi connectivity index (χ2v) is 3.28. The molecule has 0 radical (unpaired) electrons. The van der Waals surface area contributed by atoms with Crippen molar-refractivity contribution in [3.05, 3.63) is 48.0 Å². The van der Waals surface area contributed by atoms with Gasteiger partial charge in [-0.15, -0.1) is 0 Å². The predicted octanol–water partition coefficient (Wildman–Crippen LogP) is 1.98. The molecule has 0 aliphatic carbocycles. The van der Waals surface area contributed by atoms with Crippen LogP contribution in [0.5, 0.6) is 0 Å². The van der Waals surface area contributed by atoms with Crippen LogP contribution < -0.4 is 5.73 Å². The monoisotopic (exact) mass is 200 g/mol. The Labute approximate surface area is 87.8 Å². The lowest BCUT2D eigenvalue weighted by atomic mass is 10.0. The van der Waals surface area contributed by atoms with Gasteiger partial charge in [0.15, 0.2) is 0 Å². The maximum atomic E-state index is 8.85. The summed E-state index contributed by atoms with van der Waals surface area (Å²) in [4.78, 5) is 0. The molecule has 0 saturated heterocycles. The van der Waals surface area contributed by atoms with Crippen molar-refractivity contribution in [2.45, 2.75) is 0 Å². The minimum atomic E-state index is 0.227. The first kappa shape index (κ1) is 9.68. The van der Waals surface area contributed by atoms with Gasteiger partial charge in [-0.25, -0.2) is 0 Å². The number of nitrogens with zero attached hydrogens (tertiary/aromatic N) is 1. The van der Waals surface area contributed by atoms with E-state index in [0.717, 1.165) is 16.3 Å². The van der Waals surface area contributed by atoms with E-state index >= 15 is 0 Å². The molecular formula is C12H12N2O. The summed E-state index contributed by atoms with van der Waals surface area (Å²) in [6.07, 6.45) is 0. The zero-order chi connectivity index (χ0) is 10.7. The molecule has 3 nitrogen and oxygen atoms in total. The van der Waals surface area contributed by atoms with E-state index in [0.29, 0.717) is 5.71 Å². The van der Waals surface area contributed by atoms with Crippen molar-refractivity contribution in [3.8, 4) is 0 Å². The van der Waals surface area contributed by atoms with Crippen molar-refractivity contribution in [3.63, 3.8) is 0 Å². The second-order valence-electron chi connectivity index (χ2n) is 3.28. The molecular weight excluding hydrogens is 188 g/mol. The van der Waals surface area contributed by atoms with Gasteiger partial charge in [-0.3, -0.25) is 0 Å². The van der Waals surface area contributed by atoms with Gasteiger partial charge in [-0.1, -0.05) is 47.6 Å². The number of fused-ring (bicyclic) bond motifs is 1. The predicted molar refractivity (Wildman–Crippen MR) is 61.3 cm³/mol. The molecule has 0 amide bonds. The Kier molecular flexibility index (Phi) is 2.65. The van der Waals surface area contributed by atoms with Gasteiger partial charge in [0.25, 0.3) is 0 Å². The summed E-state index contributed by atoms with van der Waals surface area (Å²) in [6.45, 7) is 0.227. The fourth-order valence-corrected chi connectivity index (χ4v) is 1.68. The van der Waals surface area contributed by atoms with Crippen LogP contribution in [0.2, 0.25) is 0 Å². The Morgan fingerprint density at radius 1 is 1.13 bits per heavy atom. The highest BCUT2D eigenvalue weighted by Gasteiger charge is 2.05. The first-order valence-corrected chi connectivity index (χ1v) is 4.76. The molecule has 0 saturated carbocycles. The van der Waals surface area contributed by atoms with Gasteiger partial charge < -0.3 is 10.9 Å². The number of hydrogen-bond donors (Lipinski definition) is 2. The Morgan fingerprint density at radius 2 is 1.87 bits per heavy atom. The summed E-state index contributed by atoms with van der Waals surface area (Å²) in [5.74, 6) is 0. The Bertz CT molecular complexity index is 500. The Hall–Kier alpha value is -1.87. The summed E-state index contributed by atoms with van der Waals surface area (Å²) in [7, 11) is 0. The maximum Gasteiger partial charge on any atom is 0.101 e. The zero-order valence-corrected chi connectivity index (χ0v) is 8.22. The molecule has 2 rings (SSSR count). The number of hydrogen-bond acceptors (Lipinski definition) is 3. The van der Waals surface area contributed by atoms with E-state index in [1.807, 2.05) is 42.5 Å². The lowest BCUT2D eigenvalue weighted by Gasteiger charge is -2.06. The lowest BCUT2D eigenvalue weighted by molar-refractivity contribution is 0.318. The van der Waals surface area contributed by atoms with Gasteiger partial charge in [0.1, 0.15) is 5.71 Å². The van der Waals surface area contributed by atoms with Crippen LogP contribution in [-0.4, -0.2) is 17.5 Å². The molecule has 76 valence electrons. The number of oxime groups is 1. The highest BCUT2D eigenvalue weighted by Crippen LogP contribution is 2.18. The van der Waals surface area contributed by atoms with Gasteiger partial charge in [-0.05, 0) is 10.8 Å². The Balaban J connectivity index is 2.71. The first-order chi connectivity index (χ1) is 7.36. The second kappa shape index (κ2) is 4.11. The average molecular weight is 200 g/mol. The molecule has 0 unspecified atom stereocenters. The summed E-state index contributed by atoms with van der Waals surface area (Å²) < 4.78 is 0. The van der Waals surface area contributed by atoms with Gasteiger partial charge in [-0.2, -0.15) is 0 Å². The third-order valence-electron chi connectivity index (χ3n) is 2.41. The molecule has 2 aromatic rings. The van der Waals surface area contributed by atoms with Crippen LogP contribution in [0.4, 0.5) is 0 Å². The third-order valence-corrected chi connectivity index (χ3v) is 2.41. The van der Waals surface area contributed by atoms with Crippen LogP contribution in [0, 0.1) is 0 Å². The molecule has 3 heteroatoms. The van der Waals surface area contributed by atoms with Gasteiger partial charge >= 0.3 is 0 Å². The van der Waals surface area contributed by atoms with Crippen LogP contribution >= 0.6 is 0 Å². The Morgan fingerprint density at radius 3 is 2.60 bits per heavy atom. The van der Waals surface area contributed by atoms with Crippen LogP contribution in [-0.2, 0) is 0 Å². The van der Waals surface area contributed by atoms with E-state index in [1.54, 1.807) is 0 Å². The number of rotatable bonds is 2. The normalized spacial score (nSPS) is 11.9. The highest BCUT2D eigenvalue weighted by molar-refractivity contribution is 6.11. The fourth-order valence-electron chi connectivity index (χ4n) is 1.68. The van der Waals surface area contributed by atoms with Crippen LogP contribution in [0.25, 0.3) is 10.8 Å². The van der Waals surface area contributed by atoms with Gasteiger partial charge in [0, 0.05) is 12.1 Å². The topological polar surface area (TPSA) is 58.6 Å². The number of nitrogens with two attached hydrogens (primary N) is 1. The van der Waals surface area contributed by atoms with Crippen molar-refractivity contribution in [2.75, 3.05) is 6.54 Å². The van der Waals surface area contributed by atoms with E-state index in [1.165, 1.54) is 0 Å². The fraction of sp³-hybridized carbons (Fsp3) is 0.0833. The van der Waals surface area contributed by atoms with Crippen LogP contribution in [0.1, 0.15) is 5.56 Å². The van der Waals surface area contributed by atoms with Gasteiger partial charge in [0.05, 0.1) is 0 Å². The van der Waals surface area contributed by atoms with Crippen molar-refractivity contribution in [1.29, 1.82) is 0 Å². The van der Waals surface area contributed by atoms with E-state index in [9.17, 15) is 0 Å². The molecule has 0 fully saturated rings. The van der Waals surface area contributed by atoms with E-state index in [4.69, 9.17) is 10.9 Å². The minimum Gasteiger partial charge on any atom is -0.411 e. The standard InChI is InChI=1S/C12H12N2O/c13-8-12(14-15)11-7-3-5-9-4-1-2-6-10(9)11/h1-7,15H,8,13H2. The first-order valence-electron chi connectivity index (χ1n) is 4.76. The molecule has 0 aliphatic heterocycles. The molecule has 3 N–H and O–H groups in total. The average Bonchev–Trinajstić information content (AvgIpc) is 2.31. The molecule has 0 aromatic heterocycles. The van der Waals surface area contributed by atoms with Crippen molar-refractivity contribution < 1.29 is 5.21 Å². The molecule has 15 heavy (non-hydrogen) atoms. The van der Waals surface area contributed by atoms with Crippen molar-refractivity contribution in [2.24, 2.45) is 10.9 Å². The lowest BCUT2D eigenvalue weighted by Crippen LogP contribution is -2.15. The SMILES string of the molecule is NCC(=NO)c1cccc2ccccc12. The maximum absolute atomic E-state index is 8.85. The summed E-state index contributed by atoms with van der Waals surface area (Å²) in [6, 6.07) is 13.8. The zero-order valence-electron chi connectivity index (χ0n) is 8.22. The largest absolute Gasteiger partial charge is 0.411 e. The molecule has 0 heterocycles. The molecule has 2 aromatic carbocycles. The summed E-state index contributed by atoms with van der Waals surface area (Å²) in [5.41, 5.74) is 6.91. The van der Waals surface area contributed by atoms with Gasteiger partial charge in [0.2, 0.25) is 0 Å². The highest BCUT2D eigenvalue weighted by atomic mass is 16.4. The van der Waals surface area contributed by atoms with E-state index in [-0.39, 0.29) is 6.54 Å². The molecule has 0 bridgehead atoms. The summed E-state index contributed by atoms with van der Waals surface area (Å²) in [5, 5.41) is 14.2. The molecule has 0 spiro atoms. The van der Waals surface area contributed by atoms with Crippen molar-refractivity contribution >= 4 is 16.5 Å². The van der Waals surface area contributed by atoms with E-state index in [2.05, 4.69) is 5.16 Å². The minimum absolute atomic E-state index is 0.227. The quantitative estimate of drug-likeness (QED) is 0.442. The van der Waals surface area contributed by atoms with E-state index < -0.39 is 0 Å². The molecule has 0 aliphatic rings.